The van der Waals surface area contributed by atoms with E-state index in [-0.39, 0.29) is 29.3 Å². The second kappa shape index (κ2) is 12.4. The Labute approximate surface area is 173 Å². The van der Waals surface area contributed by atoms with Crippen LogP contribution in [0.2, 0.25) is 0 Å². The van der Waals surface area contributed by atoms with Gasteiger partial charge in [0.2, 0.25) is 0 Å². The van der Waals surface area contributed by atoms with E-state index in [2.05, 4.69) is 65.2 Å². The second-order valence-corrected chi connectivity index (χ2v) is 12.3. The Hall–Kier alpha value is -1.07. The lowest BCUT2D eigenvalue weighted by Gasteiger charge is -2.30. The van der Waals surface area contributed by atoms with E-state index in [1.54, 1.807) is 0 Å². The molecule has 142 valence electrons. The van der Waals surface area contributed by atoms with E-state index in [0.29, 0.717) is 0 Å². The largest absolute Gasteiger partial charge is 0.506 e. The molecule has 0 aliphatic rings. The van der Waals surface area contributed by atoms with Gasteiger partial charge in [-0.05, 0) is 47.1 Å². The van der Waals surface area contributed by atoms with Crippen molar-refractivity contribution >= 4 is 49.4 Å². The van der Waals surface area contributed by atoms with Gasteiger partial charge in [0.1, 0.15) is 0 Å². The molecular formula is C20H28O3Si4. The Morgan fingerprint density at radius 3 is 1.56 bits per heavy atom. The summed E-state index contributed by atoms with van der Waals surface area (Å²) in [6, 6.07) is 8.06. The van der Waals surface area contributed by atoms with Crippen LogP contribution in [0, 0.1) is 0 Å². The molecule has 3 nitrogen and oxygen atoms in total. The molecule has 0 fully saturated rings. The van der Waals surface area contributed by atoms with Gasteiger partial charge in [0, 0.05) is 5.19 Å². The highest BCUT2D eigenvalue weighted by molar-refractivity contribution is 6.85. The van der Waals surface area contributed by atoms with Crippen molar-refractivity contribution in [2.75, 3.05) is 0 Å². The summed E-state index contributed by atoms with van der Waals surface area (Å²) in [6.45, 7) is 16.3. The van der Waals surface area contributed by atoms with E-state index < -0.39 is 8.80 Å². The zero-order valence-electron chi connectivity index (χ0n) is 17.1. The van der Waals surface area contributed by atoms with E-state index >= 15 is 0 Å². The Bertz CT molecular complexity index is 644. The second-order valence-electron chi connectivity index (χ2n) is 6.67. The Kier molecular flexibility index (Phi) is 11.0. The third kappa shape index (κ3) is 8.65. The maximum absolute atomic E-state index is 6.39. The first kappa shape index (κ1) is 24.0. The Morgan fingerprint density at radius 2 is 1.19 bits per heavy atom. The molecule has 0 aliphatic carbocycles. The van der Waals surface area contributed by atoms with Crippen molar-refractivity contribution in [3.05, 3.63) is 70.2 Å². The first-order valence-electron chi connectivity index (χ1n) is 8.73. The molecule has 0 N–H and O–H groups in total. The van der Waals surface area contributed by atoms with Crippen LogP contribution in [-0.4, -0.2) is 38.1 Å². The maximum atomic E-state index is 6.39. The number of rotatable bonds is 11. The molecule has 0 heterocycles. The molecule has 0 amide bonds. The number of hydrogen-bond acceptors (Lipinski definition) is 3. The van der Waals surface area contributed by atoms with Crippen molar-refractivity contribution in [2.45, 2.75) is 41.5 Å². The highest BCUT2D eigenvalue weighted by Gasteiger charge is 2.44. The standard InChI is InChI=1S/C20H28O3Si4/c1-8-19-11-9-10-12-20(19)27(21-24-13-16(2)3,22-25-14-17(4)5)23-26-15-18(6)7/h8-15H,1H2,2-7H3. The van der Waals surface area contributed by atoms with E-state index in [9.17, 15) is 0 Å². The molecule has 1 rings (SSSR count). The van der Waals surface area contributed by atoms with Gasteiger partial charge in [-0.15, -0.1) is 0 Å². The van der Waals surface area contributed by atoms with Crippen LogP contribution in [0.15, 0.2) is 64.7 Å². The molecule has 6 radical (unpaired) electrons. The highest BCUT2D eigenvalue weighted by Crippen LogP contribution is 2.14. The van der Waals surface area contributed by atoms with Crippen molar-refractivity contribution in [1.82, 2.24) is 0 Å². The van der Waals surface area contributed by atoms with Gasteiger partial charge in [-0.1, -0.05) is 70.7 Å². The highest BCUT2D eigenvalue weighted by atomic mass is 28.5. The Balaban J connectivity index is 3.34. The first-order chi connectivity index (χ1) is 12.8. The van der Waals surface area contributed by atoms with Gasteiger partial charge in [0.25, 0.3) is 29.3 Å². The summed E-state index contributed by atoms with van der Waals surface area (Å²) in [7, 11) is -2.56. The zero-order valence-corrected chi connectivity index (χ0v) is 21.1. The SMILES string of the molecule is C=Cc1ccccc1[Si](O[Si]C=C(C)C)(O[Si]C=C(C)C)O[Si]C=C(C)C. The minimum atomic E-state index is -3.11. The van der Waals surface area contributed by atoms with Crippen LogP contribution in [-0.2, 0) is 12.3 Å². The quantitative estimate of drug-likeness (QED) is 0.495. The zero-order chi connectivity index (χ0) is 20.3. The summed E-state index contributed by atoms with van der Waals surface area (Å²) in [5.74, 6) is 0. The van der Waals surface area contributed by atoms with E-state index in [1.165, 1.54) is 16.7 Å². The average Bonchev–Trinajstić information content (AvgIpc) is 2.60. The number of hydrogen-bond donors (Lipinski definition) is 0. The van der Waals surface area contributed by atoms with Gasteiger partial charge >= 0.3 is 8.80 Å². The maximum Gasteiger partial charge on any atom is 0.506 e. The van der Waals surface area contributed by atoms with E-state index in [0.717, 1.165) is 10.8 Å². The molecule has 0 aliphatic heterocycles. The van der Waals surface area contributed by atoms with Crippen molar-refractivity contribution < 1.29 is 12.3 Å². The van der Waals surface area contributed by atoms with Crippen LogP contribution in [0.1, 0.15) is 47.1 Å². The lowest BCUT2D eigenvalue weighted by Crippen LogP contribution is -2.59. The van der Waals surface area contributed by atoms with Crippen LogP contribution >= 0.6 is 0 Å². The fourth-order valence-electron chi connectivity index (χ4n) is 1.86. The molecule has 0 atom stereocenters. The molecule has 0 aromatic heterocycles. The first-order valence-corrected chi connectivity index (χ1v) is 13.4. The molecule has 27 heavy (non-hydrogen) atoms. The summed E-state index contributed by atoms with van der Waals surface area (Å²) in [5.41, 5.74) is 10.9. The molecule has 0 unspecified atom stereocenters. The third-order valence-electron chi connectivity index (χ3n) is 3.13. The van der Waals surface area contributed by atoms with Crippen LogP contribution < -0.4 is 5.19 Å². The van der Waals surface area contributed by atoms with Crippen molar-refractivity contribution in [3.8, 4) is 0 Å². The van der Waals surface area contributed by atoms with Gasteiger partial charge in [0.15, 0.2) is 0 Å². The molecule has 7 heteroatoms. The predicted molar refractivity (Wildman–Crippen MR) is 121 cm³/mol. The molecule has 0 saturated heterocycles. The van der Waals surface area contributed by atoms with E-state index in [1.807, 2.05) is 30.3 Å². The normalized spacial score (nSPS) is 10.9. The minimum Gasteiger partial charge on any atom is -0.409 e. The summed E-state index contributed by atoms with van der Waals surface area (Å²) >= 11 is 0. The molecule has 0 bridgehead atoms. The molecule has 1 aromatic carbocycles. The van der Waals surface area contributed by atoms with Gasteiger partial charge < -0.3 is 12.3 Å². The number of benzene rings is 1. The predicted octanol–water partition coefficient (Wildman–Crippen LogP) is 4.15. The molecule has 0 spiro atoms. The fourth-order valence-corrected chi connectivity index (χ4v) is 8.92. The fraction of sp³-hybridized carbons (Fsp3) is 0.300. The van der Waals surface area contributed by atoms with E-state index in [4.69, 9.17) is 12.3 Å². The minimum absolute atomic E-state index is 0.182. The smallest absolute Gasteiger partial charge is 0.409 e. The van der Waals surface area contributed by atoms with Crippen molar-refractivity contribution in [1.29, 1.82) is 0 Å². The van der Waals surface area contributed by atoms with Crippen LogP contribution in [0.3, 0.4) is 0 Å². The van der Waals surface area contributed by atoms with Crippen molar-refractivity contribution in [3.63, 3.8) is 0 Å². The average molecular weight is 429 g/mol. The third-order valence-corrected chi connectivity index (χ3v) is 11.0. The molecule has 1 aromatic rings. The van der Waals surface area contributed by atoms with Crippen LogP contribution in [0.4, 0.5) is 0 Å². The summed E-state index contributed by atoms with van der Waals surface area (Å²) in [4.78, 5) is 0. The van der Waals surface area contributed by atoms with Gasteiger partial charge in [-0.2, -0.15) is 0 Å². The summed E-state index contributed by atoms with van der Waals surface area (Å²) in [5, 5.41) is 0.971. The van der Waals surface area contributed by atoms with Gasteiger partial charge in [-0.3, -0.25) is 0 Å². The molecular weight excluding hydrogens is 401 g/mol. The van der Waals surface area contributed by atoms with Crippen molar-refractivity contribution in [2.24, 2.45) is 0 Å². The van der Waals surface area contributed by atoms with Crippen LogP contribution in [0.25, 0.3) is 6.08 Å². The lowest BCUT2D eigenvalue weighted by atomic mass is 10.2. The van der Waals surface area contributed by atoms with Crippen LogP contribution in [0.5, 0.6) is 0 Å². The summed E-state index contributed by atoms with van der Waals surface area (Å²) in [6.07, 6.45) is 1.84. The number of allylic oxidation sites excluding steroid dienone is 3. The summed E-state index contributed by atoms with van der Waals surface area (Å²) < 4.78 is 19.2. The lowest BCUT2D eigenvalue weighted by molar-refractivity contribution is 0.308. The topological polar surface area (TPSA) is 27.7 Å². The Morgan fingerprint density at radius 1 is 0.778 bits per heavy atom. The molecule has 0 saturated carbocycles. The monoisotopic (exact) mass is 428 g/mol. The van der Waals surface area contributed by atoms with Gasteiger partial charge in [0.05, 0.1) is 0 Å². The van der Waals surface area contributed by atoms with Gasteiger partial charge in [-0.25, -0.2) is 0 Å².